The number of nitrogens with two attached hydrogens (primary N) is 1. The summed E-state index contributed by atoms with van der Waals surface area (Å²) >= 11 is 0. The maximum atomic E-state index is 12.3. The summed E-state index contributed by atoms with van der Waals surface area (Å²) < 4.78 is 5.67. The van der Waals surface area contributed by atoms with Crippen molar-refractivity contribution in [3.05, 3.63) is 29.8 Å². The number of amides is 1. The van der Waals surface area contributed by atoms with E-state index < -0.39 is 6.10 Å². The Morgan fingerprint density at radius 3 is 2.42 bits per heavy atom. The molecular weight excluding hydrogens is 328 g/mol. The third-order valence-electron chi connectivity index (χ3n) is 3.93. The summed E-state index contributed by atoms with van der Waals surface area (Å²) in [5, 5.41) is 0. The van der Waals surface area contributed by atoms with Crippen molar-refractivity contribution in [2.45, 2.75) is 46.3 Å². The van der Waals surface area contributed by atoms with E-state index in [1.807, 2.05) is 0 Å². The van der Waals surface area contributed by atoms with E-state index in [-0.39, 0.29) is 30.1 Å². The van der Waals surface area contributed by atoms with Gasteiger partial charge < -0.3 is 15.4 Å². The zero-order chi connectivity index (χ0) is 17.6. The Labute approximate surface area is 151 Å². The van der Waals surface area contributed by atoms with Crippen LogP contribution in [0.1, 0.15) is 44.5 Å². The number of carbonyl (C=O) groups is 2. The maximum absolute atomic E-state index is 12.3. The summed E-state index contributed by atoms with van der Waals surface area (Å²) in [6, 6.07) is 6.94. The Kier molecular flexibility index (Phi) is 9.63. The minimum Gasteiger partial charge on any atom is -0.481 e. The molecule has 0 aliphatic rings. The van der Waals surface area contributed by atoms with Gasteiger partial charge in [-0.15, -0.1) is 12.4 Å². The van der Waals surface area contributed by atoms with Gasteiger partial charge >= 0.3 is 0 Å². The SMILES string of the molecule is CC(=O)c1cccc(OC(C)C(=O)N(C)CCC(N)C(C)C)c1.Cl. The molecule has 2 unspecified atom stereocenters. The summed E-state index contributed by atoms with van der Waals surface area (Å²) in [5.41, 5.74) is 6.58. The summed E-state index contributed by atoms with van der Waals surface area (Å²) in [7, 11) is 1.75. The summed E-state index contributed by atoms with van der Waals surface area (Å²) in [6.45, 7) is 7.95. The first kappa shape index (κ1) is 22.4. The smallest absolute Gasteiger partial charge is 0.263 e. The van der Waals surface area contributed by atoms with E-state index in [0.717, 1.165) is 6.42 Å². The highest BCUT2D eigenvalue weighted by Gasteiger charge is 2.20. The van der Waals surface area contributed by atoms with Gasteiger partial charge in [-0.1, -0.05) is 26.0 Å². The first-order valence-corrected chi connectivity index (χ1v) is 8.00. The number of Topliss-reactive ketones (excluding diaryl/α,β-unsaturated/α-hetero) is 1. The van der Waals surface area contributed by atoms with E-state index in [4.69, 9.17) is 10.5 Å². The molecule has 1 aromatic rings. The minimum atomic E-state index is -0.613. The van der Waals surface area contributed by atoms with Crippen molar-refractivity contribution >= 4 is 24.1 Å². The van der Waals surface area contributed by atoms with Crippen molar-refractivity contribution in [1.82, 2.24) is 4.90 Å². The van der Waals surface area contributed by atoms with Gasteiger partial charge in [0.05, 0.1) is 0 Å². The van der Waals surface area contributed by atoms with Gasteiger partial charge in [0.15, 0.2) is 11.9 Å². The lowest BCUT2D eigenvalue weighted by atomic mass is 10.0. The number of hydrogen-bond acceptors (Lipinski definition) is 4. The second-order valence-corrected chi connectivity index (χ2v) is 6.30. The first-order valence-electron chi connectivity index (χ1n) is 8.00. The molecule has 136 valence electrons. The number of nitrogens with zero attached hydrogens (tertiary/aromatic N) is 1. The van der Waals surface area contributed by atoms with E-state index in [0.29, 0.717) is 23.8 Å². The Balaban J connectivity index is 0.00000529. The molecule has 6 heteroatoms. The molecule has 1 aromatic carbocycles. The summed E-state index contributed by atoms with van der Waals surface area (Å²) in [4.78, 5) is 25.4. The molecule has 0 fully saturated rings. The van der Waals surface area contributed by atoms with Gasteiger partial charge in [-0.3, -0.25) is 9.59 Å². The van der Waals surface area contributed by atoms with Crippen LogP contribution in [-0.4, -0.2) is 42.3 Å². The molecule has 5 nitrogen and oxygen atoms in total. The zero-order valence-corrected chi connectivity index (χ0v) is 15.9. The Hall–Kier alpha value is -1.59. The fraction of sp³-hybridized carbons (Fsp3) is 0.556. The molecule has 1 amide bonds. The van der Waals surface area contributed by atoms with Gasteiger partial charge in [-0.2, -0.15) is 0 Å². The van der Waals surface area contributed by atoms with Crippen LogP contribution in [0, 0.1) is 5.92 Å². The molecule has 0 radical (unpaired) electrons. The fourth-order valence-corrected chi connectivity index (χ4v) is 2.14. The van der Waals surface area contributed by atoms with Crippen molar-refractivity contribution in [2.24, 2.45) is 11.7 Å². The minimum absolute atomic E-state index is 0. The lowest BCUT2D eigenvalue weighted by Crippen LogP contribution is -2.40. The Bertz CT molecular complexity index is 549. The molecule has 0 aromatic heterocycles. The normalized spacial score (nSPS) is 13.0. The highest BCUT2D eigenvalue weighted by atomic mass is 35.5. The Morgan fingerprint density at radius 2 is 1.88 bits per heavy atom. The van der Waals surface area contributed by atoms with Crippen molar-refractivity contribution in [2.75, 3.05) is 13.6 Å². The molecule has 2 atom stereocenters. The number of halogens is 1. The molecule has 1 rings (SSSR count). The highest BCUT2D eigenvalue weighted by molar-refractivity contribution is 5.94. The molecule has 0 aliphatic carbocycles. The maximum Gasteiger partial charge on any atom is 0.263 e. The quantitative estimate of drug-likeness (QED) is 0.727. The topological polar surface area (TPSA) is 72.6 Å². The van der Waals surface area contributed by atoms with Crippen molar-refractivity contribution in [1.29, 1.82) is 0 Å². The van der Waals surface area contributed by atoms with Gasteiger partial charge in [0.25, 0.3) is 5.91 Å². The predicted molar refractivity (Wildman–Crippen MR) is 98.9 cm³/mol. The van der Waals surface area contributed by atoms with E-state index in [2.05, 4.69) is 13.8 Å². The van der Waals surface area contributed by atoms with E-state index >= 15 is 0 Å². The average molecular weight is 357 g/mol. The van der Waals surface area contributed by atoms with Gasteiger partial charge in [0.1, 0.15) is 5.75 Å². The average Bonchev–Trinajstić information content (AvgIpc) is 2.51. The highest BCUT2D eigenvalue weighted by Crippen LogP contribution is 2.16. The second kappa shape index (κ2) is 10.3. The summed E-state index contributed by atoms with van der Waals surface area (Å²) in [5.74, 6) is 0.774. The molecule has 0 saturated heterocycles. The van der Waals surface area contributed by atoms with Crippen LogP contribution in [0.15, 0.2) is 24.3 Å². The number of carbonyl (C=O) groups excluding carboxylic acids is 2. The number of rotatable bonds is 8. The van der Waals surface area contributed by atoms with E-state index in [1.165, 1.54) is 6.92 Å². The van der Waals surface area contributed by atoms with E-state index in [9.17, 15) is 9.59 Å². The molecule has 24 heavy (non-hydrogen) atoms. The predicted octanol–water partition coefficient (Wildman–Crippen LogP) is 2.91. The molecule has 0 bridgehead atoms. The number of hydrogen-bond donors (Lipinski definition) is 1. The van der Waals surface area contributed by atoms with Crippen LogP contribution in [0.5, 0.6) is 5.75 Å². The molecule has 2 N–H and O–H groups in total. The van der Waals surface area contributed by atoms with Crippen LogP contribution < -0.4 is 10.5 Å². The van der Waals surface area contributed by atoms with Gasteiger partial charge in [0.2, 0.25) is 0 Å². The number of likely N-dealkylation sites (N-methyl/N-ethyl adjacent to an activating group) is 1. The molecule has 0 spiro atoms. The fourth-order valence-electron chi connectivity index (χ4n) is 2.14. The van der Waals surface area contributed by atoms with Gasteiger partial charge in [0, 0.05) is 25.2 Å². The largest absolute Gasteiger partial charge is 0.481 e. The lowest BCUT2D eigenvalue weighted by molar-refractivity contribution is -0.136. The first-order chi connectivity index (χ1) is 10.7. The summed E-state index contributed by atoms with van der Waals surface area (Å²) in [6.07, 6.45) is 0.143. The van der Waals surface area contributed by atoms with Crippen molar-refractivity contribution < 1.29 is 14.3 Å². The monoisotopic (exact) mass is 356 g/mol. The van der Waals surface area contributed by atoms with Crippen LogP contribution in [0.25, 0.3) is 0 Å². The molecular formula is C18H29ClN2O3. The number of ether oxygens (including phenoxy) is 1. The Morgan fingerprint density at radius 1 is 1.25 bits per heavy atom. The van der Waals surface area contributed by atoms with Crippen LogP contribution in [0.3, 0.4) is 0 Å². The number of ketones is 1. The third kappa shape index (κ3) is 6.89. The number of benzene rings is 1. The van der Waals surface area contributed by atoms with Gasteiger partial charge in [-0.05, 0) is 38.3 Å². The standard InChI is InChI=1S/C18H28N2O3.ClH/c1-12(2)17(19)9-10-20(5)18(22)14(4)23-16-8-6-7-15(11-16)13(3)21;/h6-8,11-12,14,17H,9-10,19H2,1-5H3;1H. The van der Waals surface area contributed by atoms with Crippen LogP contribution in [0.2, 0.25) is 0 Å². The zero-order valence-electron chi connectivity index (χ0n) is 15.1. The third-order valence-corrected chi connectivity index (χ3v) is 3.93. The molecule has 0 saturated carbocycles. The second-order valence-electron chi connectivity index (χ2n) is 6.30. The van der Waals surface area contributed by atoms with Gasteiger partial charge in [-0.25, -0.2) is 0 Å². The van der Waals surface area contributed by atoms with Crippen LogP contribution in [0.4, 0.5) is 0 Å². The van der Waals surface area contributed by atoms with Crippen LogP contribution >= 0.6 is 12.4 Å². The van der Waals surface area contributed by atoms with E-state index in [1.54, 1.807) is 43.1 Å². The lowest BCUT2D eigenvalue weighted by Gasteiger charge is -2.24. The molecule has 0 aliphatic heterocycles. The van der Waals surface area contributed by atoms with Crippen LogP contribution in [-0.2, 0) is 4.79 Å². The molecule has 0 heterocycles. The van der Waals surface area contributed by atoms with Crippen molar-refractivity contribution in [3.63, 3.8) is 0 Å². The van der Waals surface area contributed by atoms with Crippen molar-refractivity contribution in [3.8, 4) is 5.75 Å².